The van der Waals surface area contributed by atoms with Crippen LogP contribution in [-0.2, 0) is 4.79 Å². The van der Waals surface area contributed by atoms with Gasteiger partial charge < -0.3 is 11.1 Å². The fraction of sp³-hybridized carbons (Fsp3) is 0.462. The van der Waals surface area contributed by atoms with Crippen LogP contribution < -0.4 is 11.1 Å². The van der Waals surface area contributed by atoms with Crippen molar-refractivity contribution < 1.29 is 9.18 Å². The van der Waals surface area contributed by atoms with Gasteiger partial charge >= 0.3 is 0 Å². The van der Waals surface area contributed by atoms with Crippen LogP contribution in [0.15, 0.2) is 12.1 Å². The molecule has 106 valence electrons. The first-order valence-electron chi connectivity index (χ1n) is 6.06. The third-order valence-electron chi connectivity index (χ3n) is 3.47. The van der Waals surface area contributed by atoms with Crippen LogP contribution in [0.1, 0.15) is 26.7 Å². The second kappa shape index (κ2) is 6.55. The van der Waals surface area contributed by atoms with Crippen LogP contribution in [0.2, 0.25) is 10.0 Å². The monoisotopic (exact) mass is 306 g/mol. The summed E-state index contributed by atoms with van der Waals surface area (Å²) in [5, 5.41) is 2.78. The van der Waals surface area contributed by atoms with Gasteiger partial charge in [-0.3, -0.25) is 4.79 Å². The molecule has 0 saturated carbocycles. The van der Waals surface area contributed by atoms with Crippen LogP contribution >= 0.6 is 23.2 Å². The van der Waals surface area contributed by atoms with E-state index in [9.17, 15) is 9.18 Å². The molecule has 0 fully saturated rings. The van der Waals surface area contributed by atoms with Gasteiger partial charge in [-0.25, -0.2) is 4.39 Å². The first-order chi connectivity index (χ1) is 8.90. The molecular weight excluding hydrogens is 290 g/mol. The van der Waals surface area contributed by atoms with Crippen molar-refractivity contribution in [3.63, 3.8) is 0 Å². The molecule has 6 heteroatoms. The molecule has 3 N–H and O–H groups in total. The Bertz CT molecular complexity index is 444. The number of halogens is 3. The lowest BCUT2D eigenvalue weighted by Crippen LogP contribution is -2.41. The van der Waals surface area contributed by atoms with Crippen LogP contribution in [-0.4, -0.2) is 12.5 Å². The highest BCUT2D eigenvalue weighted by molar-refractivity contribution is 6.39. The zero-order chi connectivity index (χ0) is 14.6. The van der Waals surface area contributed by atoms with Crippen LogP contribution in [0.3, 0.4) is 0 Å². The maximum Gasteiger partial charge on any atom is 0.231 e. The maximum absolute atomic E-state index is 13.1. The first-order valence-corrected chi connectivity index (χ1v) is 6.81. The van der Waals surface area contributed by atoms with Gasteiger partial charge in [-0.15, -0.1) is 0 Å². The van der Waals surface area contributed by atoms with Gasteiger partial charge in [-0.05, 0) is 25.0 Å². The standard InChI is InChI=1S/C13H17Cl2FN2O/c1-3-13(4-2,7-17)12(19)18-11-9(14)5-8(16)6-10(11)15/h5-6H,3-4,7,17H2,1-2H3,(H,18,19). The number of carbonyl (C=O) groups is 1. The Morgan fingerprint density at radius 2 is 1.79 bits per heavy atom. The van der Waals surface area contributed by atoms with Gasteiger partial charge in [0.15, 0.2) is 0 Å². The van der Waals surface area contributed by atoms with Gasteiger partial charge in [-0.1, -0.05) is 37.0 Å². The number of benzene rings is 1. The minimum atomic E-state index is -0.666. The largest absolute Gasteiger partial charge is 0.329 e. The van der Waals surface area contributed by atoms with E-state index in [-0.39, 0.29) is 28.2 Å². The Morgan fingerprint density at radius 1 is 1.32 bits per heavy atom. The number of hydrogen-bond acceptors (Lipinski definition) is 2. The van der Waals surface area contributed by atoms with Crippen molar-refractivity contribution in [3.05, 3.63) is 28.0 Å². The molecule has 3 nitrogen and oxygen atoms in total. The summed E-state index contributed by atoms with van der Waals surface area (Å²) < 4.78 is 13.1. The normalized spacial score (nSPS) is 11.5. The SMILES string of the molecule is CCC(CC)(CN)C(=O)Nc1c(Cl)cc(F)cc1Cl. The fourth-order valence-corrected chi connectivity index (χ4v) is 2.42. The summed E-state index contributed by atoms with van der Waals surface area (Å²) in [7, 11) is 0. The summed E-state index contributed by atoms with van der Waals surface area (Å²) in [5.41, 5.74) is 5.25. The van der Waals surface area contributed by atoms with E-state index in [1.54, 1.807) is 0 Å². The molecule has 0 saturated heterocycles. The lowest BCUT2D eigenvalue weighted by Gasteiger charge is -2.28. The van der Waals surface area contributed by atoms with E-state index in [1.807, 2.05) is 13.8 Å². The number of rotatable bonds is 5. The number of anilines is 1. The fourth-order valence-electron chi connectivity index (χ4n) is 1.86. The van der Waals surface area contributed by atoms with Crippen LogP contribution in [0.5, 0.6) is 0 Å². The molecule has 1 aromatic carbocycles. The second-order valence-electron chi connectivity index (χ2n) is 4.39. The number of amides is 1. The summed E-state index contributed by atoms with van der Waals surface area (Å²) in [6.45, 7) is 4.01. The van der Waals surface area contributed by atoms with Gasteiger partial charge in [0.2, 0.25) is 5.91 Å². The molecule has 0 aliphatic rings. The Hall–Kier alpha value is -0.840. The lowest BCUT2D eigenvalue weighted by atomic mass is 9.81. The van der Waals surface area contributed by atoms with Crippen LogP contribution in [0, 0.1) is 11.2 Å². The highest BCUT2D eigenvalue weighted by Crippen LogP contribution is 2.34. The van der Waals surface area contributed by atoms with Crippen molar-refractivity contribution in [1.29, 1.82) is 0 Å². The van der Waals surface area contributed by atoms with Crippen molar-refractivity contribution in [3.8, 4) is 0 Å². The molecule has 0 aliphatic heterocycles. The molecule has 1 aromatic rings. The number of carbonyl (C=O) groups excluding carboxylic acids is 1. The topological polar surface area (TPSA) is 55.1 Å². The minimum Gasteiger partial charge on any atom is -0.329 e. The Morgan fingerprint density at radius 3 is 2.16 bits per heavy atom. The van der Waals surface area contributed by atoms with E-state index in [0.717, 1.165) is 12.1 Å². The second-order valence-corrected chi connectivity index (χ2v) is 5.20. The molecule has 1 rings (SSSR count). The molecule has 0 unspecified atom stereocenters. The van der Waals surface area contributed by atoms with Crippen molar-refractivity contribution in [2.45, 2.75) is 26.7 Å². The third-order valence-corrected chi connectivity index (χ3v) is 4.07. The molecule has 1 amide bonds. The quantitative estimate of drug-likeness (QED) is 0.868. The average molecular weight is 307 g/mol. The van der Waals surface area contributed by atoms with E-state index in [1.165, 1.54) is 0 Å². The molecule has 0 aromatic heterocycles. The van der Waals surface area contributed by atoms with E-state index >= 15 is 0 Å². The zero-order valence-electron chi connectivity index (χ0n) is 10.9. The van der Waals surface area contributed by atoms with Crippen LogP contribution in [0.25, 0.3) is 0 Å². The van der Waals surface area contributed by atoms with Gasteiger partial charge in [0.05, 0.1) is 21.1 Å². The number of nitrogens with two attached hydrogens (primary N) is 1. The smallest absolute Gasteiger partial charge is 0.231 e. The highest BCUT2D eigenvalue weighted by atomic mass is 35.5. The van der Waals surface area contributed by atoms with Gasteiger partial charge in [-0.2, -0.15) is 0 Å². The van der Waals surface area contributed by atoms with E-state index in [0.29, 0.717) is 12.8 Å². The van der Waals surface area contributed by atoms with E-state index in [2.05, 4.69) is 5.32 Å². The molecule has 0 heterocycles. The molecule has 0 aliphatic carbocycles. The van der Waals surface area contributed by atoms with Gasteiger partial charge in [0.25, 0.3) is 0 Å². The summed E-state index contributed by atoms with van der Waals surface area (Å²) in [6, 6.07) is 2.20. The van der Waals surface area contributed by atoms with Crippen LogP contribution in [0.4, 0.5) is 10.1 Å². The molecule has 0 spiro atoms. The number of hydrogen-bond donors (Lipinski definition) is 2. The molecule has 0 bridgehead atoms. The summed E-state index contributed by atoms with van der Waals surface area (Å²) in [6.07, 6.45) is 1.20. The predicted octanol–water partition coefficient (Wildman–Crippen LogP) is 3.84. The Kier molecular flexibility index (Phi) is 5.59. The molecule has 0 radical (unpaired) electrons. The van der Waals surface area contributed by atoms with Crippen molar-refractivity contribution in [2.24, 2.45) is 11.1 Å². The minimum absolute atomic E-state index is 0.0662. The Balaban J connectivity index is 3.06. The molecule has 0 atom stereocenters. The summed E-state index contributed by atoms with van der Waals surface area (Å²) >= 11 is 11.8. The van der Waals surface area contributed by atoms with E-state index < -0.39 is 11.2 Å². The van der Waals surface area contributed by atoms with Crippen molar-refractivity contribution in [2.75, 3.05) is 11.9 Å². The third kappa shape index (κ3) is 3.38. The Labute approximate surface area is 122 Å². The van der Waals surface area contributed by atoms with E-state index in [4.69, 9.17) is 28.9 Å². The molecule has 19 heavy (non-hydrogen) atoms. The predicted molar refractivity (Wildman–Crippen MR) is 77.1 cm³/mol. The summed E-state index contributed by atoms with van der Waals surface area (Å²) in [4.78, 5) is 12.3. The van der Waals surface area contributed by atoms with Crippen molar-refractivity contribution in [1.82, 2.24) is 0 Å². The first kappa shape index (κ1) is 16.2. The van der Waals surface area contributed by atoms with Gasteiger partial charge in [0.1, 0.15) is 5.82 Å². The average Bonchev–Trinajstić information content (AvgIpc) is 2.36. The maximum atomic E-state index is 13.1. The van der Waals surface area contributed by atoms with Crippen molar-refractivity contribution >= 4 is 34.8 Å². The van der Waals surface area contributed by atoms with Gasteiger partial charge in [0, 0.05) is 6.54 Å². The molecular formula is C13H17Cl2FN2O. The highest BCUT2D eigenvalue weighted by Gasteiger charge is 2.34. The number of nitrogens with one attached hydrogen (secondary N) is 1. The zero-order valence-corrected chi connectivity index (χ0v) is 12.4. The lowest BCUT2D eigenvalue weighted by molar-refractivity contribution is -0.125. The summed E-state index contributed by atoms with van der Waals surface area (Å²) in [5.74, 6) is -0.806.